The molecule has 0 spiro atoms. The number of halogens is 1. The number of nitrogens with zero attached hydrogens (tertiary/aromatic N) is 5. The van der Waals surface area contributed by atoms with Crippen LogP contribution in [0.5, 0.6) is 0 Å². The molecular formula is C24H30BrN5O2S. The number of carbonyl (C=O) groups is 1. The van der Waals surface area contributed by atoms with Crippen molar-refractivity contribution in [1.29, 1.82) is 0 Å². The molecule has 0 aliphatic carbocycles. The van der Waals surface area contributed by atoms with Gasteiger partial charge in [-0.2, -0.15) is 4.57 Å². The van der Waals surface area contributed by atoms with Gasteiger partial charge in [-0.25, -0.2) is 14.8 Å². The van der Waals surface area contributed by atoms with Crippen LogP contribution in [0.4, 0.5) is 10.6 Å². The number of amides is 1. The highest BCUT2D eigenvalue weighted by Crippen LogP contribution is 2.28. The number of hydrogen-bond acceptors (Lipinski definition) is 6. The van der Waals surface area contributed by atoms with Gasteiger partial charge in [0.05, 0.1) is 0 Å². The Morgan fingerprint density at radius 1 is 1.06 bits per heavy atom. The van der Waals surface area contributed by atoms with Gasteiger partial charge in [-0.3, -0.25) is 0 Å². The summed E-state index contributed by atoms with van der Waals surface area (Å²) in [6, 6.07) is 12.4. The second kappa shape index (κ2) is 10.7. The Kier molecular flexibility index (Phi) is 8.18. The lowest BCUT2D eigenvalue weighted by atomic mass is 10.2. The first-order chi connectivity index (χ1) is 15.3. The largest absolute Gasteiger partial charge is 1.00 e. The summed E-state index contributed by atoms with van der Waals surface area (Å²) in [6.07, 6.45) is 5.87. The third kappa shape index (κ3) is 6.35. The van der Waals surface area contributed by atoms with Crippen molar-refractivity contribution in [3.63, 3.8) is 0 Å². The fourth-order valence-corrected chi connectivity index (χ4v) is 4.23. The molecule has 1 aliphatic rings. The fraction of sp³-hybridized carbons (Fsp3) is 0.417. The maximum Gasteiger partial charge on any atom is 0.410 e. The average Bonchev–Trinajstić information content (AvgIpc) is 2.78. The van der Waals surface area contributed by atoms with Crippen LogP contribution in [-0.4, -0.2) is 59.0 Å². The van der Waals surface area contributed by atoms with Crippen LogP contribution in [0.25, 0.3) is 11.0 Å². The smallest absolute Gasteiger partial charge is 0.410 e. The van der Waals surface area contributed by atoms with E-state index in [1.807, 2.05) is 45.4 Å². The highest BCUT2D eigenvalue weighted by atomic mass is 79.9. The first-order valence-electron chi connectivity index (χ1n) is 10.8. The summed E-state index contributed by atoms with van der Waals surface area (Å²) < 4.78 is 7.65. The van der Waals surface area contributed by atoms with Crippen molar-refractivity contribution in [2.45, 2.75) is 37.9 Å². The van der Waals surface area contributed by atoms with E-state index >= 15 is 0 Å². The molecule has 1 saturated heterocycles. The predicted octanol–water partition coefficient (Wildman–Crippen LogP) is 0.749. The Balaban J connectivity index is 0.00000306. The Morgan fingerprint density at radius 3 is 2.39 bits per heavy atom. The van der Waals surface area contributed by atoms with Crippen LogP contribution in [0.3, 0.4) is 0 Å². The highest BCUT2D eigenvalue weighted by Gasteiger charge is 2.28. The van der Waals surface area contributed by atoms with Crippen molar-refractivity contribution in [3.8, 4) is 0 Å². The number of carbonyl (C=O) groups excluding carboxylic acids is 1. The van der Waals surface area contributed by atoms with Gasteiger partial charge < -0.3 is 31.5 Å². The Hall–Kier alpha value is -2.39. The lowest BCUT2D eigenvalue weighted by Crippen LogP contribution is -3.00. The van der Waals surface area contributed by atoms with E-state index in [1.54, 1.807) is 16.7 Å². The minimum absolute atomic E-state index is 0. The Morgan fingerprint density at radius 2 is 1.76 bits per heavy atom. The summed E-state index contributed by atoms with van der Waals surface area (Å²) in [4.78, 5) is 26.2. The van der Waals surface area contributed by atoms with E-state index in [4.69, 9.17) is 14.7 Å². The summed E-state index contributed by atoms with van der Waals surface area (Å²) in [5.41, 5.74) is 2.50. The molecule has 7 nitrogen and oxygen atoms in total. The van der Waals surface area contributed by atoms with Crippen LogP contribution in [0.1, 0.15) is 26.3 Å². The Labute approximate surface area is 209 Å². The number of rotatable bonds is 4. The third-order valence-corrected chi connectivity index (χ3v) is 5.91. The van der Waals surface area contributed by atoms with Crippen molar-refractivity contribution in [2.75, 3.05) is 37.3 Å². The molecule has 9 heteroatoms. The quantitative estimate of drug-likeness (QED) is 0.365. The molecule has 33 heavy (non-hydrogen) atoms. The van der Waals surface area contributed by atoms with Crippen molar-refractivity contribution in [1.82, 2.24) is 14.9 Å². The molecule has 0 atom stereocenters. The molecule has 1 amide bonds. The molecule has 176 valence electrons. The summed E-state index contributed by atoms with van der Waals surface area (Å²) in [5, 5.41) is 0.907. The van der Waals surface area contributed by atoms with Crippen molar-refractivity contribution < 1.29 is 31.1 Å². The van der Waals surface area contributed by atoms with E-state index in [9.17, 15) is 4.79 Å². The molecule has 1 aliphatic heterocycles. The van der Waals surface area contributed by atoms with E-state index < -0.39 is 5.60 Å². The maximum atomic E-state index is 12.4. The van der Waals surface area contributed by atoms with Crippen molar-refractivity contribution >= 4 is 34.7 Å². The van der Waals surface area contributed by atoms with Crippen LogP contribution >= 0.6 is 11.8 Å². The molecule has 0 N–H and O–H groups in total. The zero-order chi connectivity index (χ0) is 22.7. The maximum absolute atomic E-state index is 12.4. The molecule has 1 aromatic carbocycles. The first-order valence-corrected chi connectivity index (χ1v) is 12.1. The van der Waals surface area contributed by atoms with Gasteiger partial charge in [0, 0.05) is 37.8 Å². The van der Waals surface area contributed by atoms with Crippen LogP contribution < -0.4 is 26.4 Å². The normalized spacial score (nSPS) is 14.2. The highest BCUT2D eigenvalue weighted by molar-refractivity contribution is 7.98. The lowest BCUT2D eigenvalue weighted by Gasteiger charge is -2.36. The van der Waals surface area contributed by atoms with E-state index in [0.29, 0.717) is 26.2 Å². The van der Waals surface area contributed by atoms with Gasteiger partial charge in [0.25, 0.3) is 0 Å². The van der Waals surface area contributed by atoms with Gasteiger partial charge in [-0.15, -0.1) is 11.8 Å². The van der Waals surface area contributed by atoms with Crippen LogP contribution in [0.15, 0.2) is 53.8 Å². The summed E-state index contributed by atoms with van der Waals surface area (Å²) in [5.74, 6) is 0.881. The van der Waals surface area contributed by atoms with Crippen LogP contribution in [0, 0.1) is 0 Å². The molecule has 2 aromatic heterocycles. The lowest BCUT2D eigenvalue weighted by molar-refractivity contribution is -0.687. The van der Waals surface area contributed by atoms with Gasteiger partial charge in [0.1, 0.15) is 16.1 Å². The molecule has 1 fully saturated rings. The zero-order valence-corrected chi connectivity index (χ0v) is 21.9. The van der Waals surface area contributed by atoms with Gasteiger partial charge in [-0.1, -0.05) is 30.3 Å². The Bertz CT molecular complexity index is 1100. The van der Waals surface area contributed by atoms with Crippen molar-refractivity contribution in [3.05, 3.63) is 54.4 Å². The molecule has 0 saturated carbocycles. The first kappa shape index (κ1) is 25.2. The number of hydrogen-bond donors (Lipinski definition) is 0. The number of benzene rings is 1. The van der Waals surface area contributed by atoms with Crippen molar-refractivity contribution in [2.24, 2.45) is 0 Å². The van der Waals surface area contributed by atoms with Crippen LogP contribution in [-0.2, 0) is 11.3 Å². The number of anilines is 1. The van der Waals surface area contributed by atoms with Gasteiger partial charge in [-0.05, 0) is 27.0 Å². The number of piperazine rings is 1. The second-order valence-electron chi connectivity index (χ2n) is 8.88. The molecule has 0 radical (unpaired) electrons. The summed E-state index contributed by atoms with van der Waals surface area (Å²) in [7, 11) is 0. The number of aromatic nitrogens is 3. The SMILES string of the molecule is CSc1nc2cc[n+](Cc3ccccc3)cc2nc1N1CCN(C(=O)OC(C)(C)C)CC1.[Br-]. The molecule has 3 heterocycles. The number of thioether (sulfide) groups is 1. The summed E-state index contributed by atoms with van der Waals surface area (Å²) >= 11 is 1.60. The molecular weight excluding hydrogens is 502 g/mol. The standard InChI is InChI=1S/C24H30N5O2S.BrH/c1-24(2,3)31-23(30)29-14-12-28(13-15-29)21-22(32-4)26-19-10-11-27(17-20(19)25-21)16-18-8-6-5-7-9-18;/h5-11,17H,12-16H2,1-4H3;1H/q+1;/p-1. The topological polar surface area (TPSA) is 62.4 Å². The number of pyridine rings is 1. The van der Waals surface area contributed by atoms with Gasteiger partial charge in [0.15, 0.2) is 30.3 Å². The second-order valence-corrected chi connectivity index (χ2v) is 9.68. The molecule has 0 bridgehead atoms. The minimum atomic E-state index is -0.487. The summed E-state index contributed by atoms with van der Waals surface area (Å²) in [6.45, 7) is 9.05. The average molecular weight is 533 g/mol. The van der Waals surface area contributed by atoms with E-state index in [0.717, 1.165) is 28.4 Å². The molecule has 4 rings (SSSR count). The number of fused-ring (bicyclic) bond motifs is 1. The van der Waals surface area contributed by atoms with E-state index in [2.05, 4.69) is 39.9 Å². The van der Waals surface area contributed by atoms with Crippen LogP contribution in [0.2, 0.25) is 0 Å². The molecule has 3 aromatic rings. The minimum Gasteiger partial charge on any atom is -1.00 e. The number of ether oxygens (including phenoxy) is 1. The fourth-order valence-electron chi connectivity index (χ4n) is 3.68. The van der Waals surface area contributed by atoms with E-state index in [1.165, 1.54) is 5.56 Å². The van der Waals surface area contributed by atoms with Gasteiger partial charge >= 0.3 is 6.09 Å². The third-order valence-electron chi connectivity index (χ3n) is 5.25. The van der Waals surface area contributed by atoms with E-state index in [-0.39, 0.29) is 23.1 Å². The molecule has 0 unspecified atom stereocenters. The monoisotopic (exact) mass is 531 g/mol. The zero-order valence-electron chi connectivity index (χ0n) is 19.5. The predicted molar refractivity (Wildman–Crippen MR) is 127 cm³/mol. The van der Waals surface area contributed by atoms with Gasteiger partial charge in [0.2, 0.25) is 0 Å².